The Labute approximate surface area is 198 Å². The standard InChI is InChI=1S/C26H31FN4O3/c1-18-4-5-20-16-21(25(32)29-24(20)19(18)2)17-31(11-3-10-30-12-14-34-15-13-30)26(33)28-23-8-6-22(27)7-9-23/h4-9,16H,3,10-15,17H2,1-2H3,(H,28,33)(H,29,32). The second-order valence-corrected chi connectivity index (χ2v) is 8.76. The zero-order chi connectivity index (χ0) is 24.1. The monoisotopic (exact) mass is 466 g/mol. The van der Waals surface area contributed by atoms with Crippen LogP contribution in [0.1, 0.15) is 23.1 Å². The van der Waals surface area contributed by atoms with Gasteiger partial charge in [0, 0.05) is 37.4 Å². The molecular weight excluding hydrogens is 435 g/mol. The normalized spacial score (nSPS) is 14.3. The molecule has 7 nitrogen and oxygen atoms in total. The number of aromatic amines is 1. The van der Waals surface area contributed by atoms with E-state index in [9.17, 15) is 14.0 Å². The first kappa shape index (κ1) is 23.9. The molecule has 1 aromatic heterocycles. The van der Waals surface area contributed by atoms with E-state index >= 15 is 0 Å². The molecule has 0 aliphatic carbocycles. The van der Waals surface area contributed by atoms with Crippen molar-refractivity contribution in [1.29, 1.82) is 0 Å². The van der Waals surface area contributed by atoms with Gasteiger partial charge < -0.3 is 19.9 Å². The van der Waals surface area contributed by atoms with Gasteiger partial charge in [-0.3, -0.25) is 9.69 Å². The number of H-pyrrole nitrogens is 1. The van der Waals surface area contributed by atoms with E-state index in [2.05, 4.69) is 15.2 Å². The van der Waals surface area contributed by atoms with Crippen molar-refractivity contribution in [1.82, 2.24) is 14.8 Å². The van der Waals surface area contributed by atoms with E-state index < -0.39 is 0 Å². The number of benzene rings is 2. The number of hydrogen-bond donors (Lipinski definition) is 2. The van der Waals surface area contributed by atoms with Crippen LogP contribution in [0.5, 0.6) is 0 Å². The average Bonchev–Trinajstić information content (AvgIpc) is 2.84. The Bertz CT molecular complexity index is 1200. The van der Waals surface area contributed by atoms with Crippen LogP contribution in [0.15, 0.2) is 47.3 Å². The summed E-state index contributed by atoms with van der Waals surface area (Å²) in [4.78, 5) is 33.0. The lowest BCUT2D eigenvalue weighted by atomic mass is 10.0. The Morgan fingerprint density at radius 3 is 2.62 bits per heavy atom. The number of carbonyl (C=O) groups is 1. The molecule has 180 valence electrons. The Kier molecular flexibility index (Phi) is 7.59. The van der Waals surface area contributed by atoms with Crippen molar-refractivity contribution < 1.29 is 13.9 Å². The van der Waals surface area contributed by atoms with E-state index in [4.69, 9.17) is 4.74 Å². The number of urea groups is 1. The molecule has 1 saturated heterocycles. The van der Waals surface area contributed by atoms with Gasteiger partial charge in [-0.2, -0.15) is 0 Å². The number of hydrogen-bond acceptors (Lipinski definition) is 4. The van der Waals surface area contributed by atoms with Crippen molar-refractivity contribution >= 4 is 22.6 Å². The molecule has 2 amide bonds. The van der Waals surface area contributed by atoms with Crippen molar-refractivity contribution in [3.8, 4) is 0 Å². The van der Waals surface area contributed by atoms with Crippen LogP contribution in [0.25, 0.3) is 10.9 Å². The summed E-state index contributed by atoms with van der Waals surface area (Å²) >= 11 is 0. The molecule has 0 radical (unpaired) electrons. The number of aryl methyl sites for hydroxylation is 2. The predicted octanol–water partition coefficient (Wildman–Crippen LogP) is 4.04. The number of halogens is 1. The van der Waals surface area contributed by atoms with Crippen molar-refractivity contribution in [3.63, 3.8) is 0 Å². The summed E-state index contributed by atoms with van der Waals surface area (Å²) in [6.07, 6.45) is 0.765. The van der Waals surface area contributed by atoms with Gasteiger partial charge in [0.2, 0.25) is 0 Å². The van der Waals surface area contributed by atoms with Crippen LogP contribution in [-0.2, 0) is 11.3 Å². The molecule has 34 heavy (non-hydrogen) atoms. The molecule has 2 N–H and O–H groups in total. The van der Waals surface area contributed by atoms with Crippen LogP contribution in [0, 0.1) is 19.7 Å². The average molecular weight is 467 g/mol. The van der Waals surface area contributed by atoms with Crippen LogP contribution < -0.4 is 10.9 Å². The van der Waals surface area contributed by atoms with E-state index in [1.54, 1.807) is 4.90 Å². The first-order chi connectivity index (χ1) is 16.4. The van der Waals surface area contributed by atoms with Crippen molar-refractivity contribution in [2.75, 3.05) is 44.7 Å². The minimum atomic E-state index is -0.367. The second kappa shape index (κ2) is 10.8. The molecule has 3 aromatic rings. The molecule has 1 fully saturated rings. The number of morpholine rings is 1. The number of amides is 2. The molecule has 0 saturated carbocycles. The Balaban J connectivity index is 1.53. The zero-order valence-electron chi connectivity index (χ0n) is 19.7. The maximum atomic E-state index is 13.3. The summed E-state index contributed by atoms with van der Waals surface area (Å²) in [6.45, 7) is 8.70. The predicted molar refractivity (Wildman–Crippen MR) is 132 cm³/mol. The van der Waals surface area contributed by atoms with Crippen molar-refractivity contribution in [3.05, 3.63) is 75.3 Å². The van der Waals surface area contributed by atoms with E-state index in [0.29, 0.717) is 17.8 Å². The highest BCUT2D eigenvalue weighted by Gasteiger charge is 2.18. The summed E-state index contributed by atoms with van der Waals surface area (Å²) in [5.41, 5.74) is 3.80. The number of carbonyl (C=O) groups excluding carboxylic acids is 1. The van der Waals surface area contributed by atoms with E-state index in [-0.39, 0.29) is 24.0 Å². The van der Waals surface area contributed by atoms with E-state index in [1.165, 1.54) is 24.3 Å². The number of aromatic nitrogens is 1. The molecule has 4 rings (SSSR count). The Morgan fingerprint density at radius 1 is 1.15 bits per heavy atom. The zero-order valence-corrected chi connectivity index (χ0v) is 19.7. The van der Waals surface area contributed by atoms with Gasteiger partial charge in [-0.25, -0.2) is 9.18 Å². The lowest BCUT2D eigenvalue weighted by Gasteiger charge is -2.28. The summed E-state index contributed by atoms with van der Waals surface area (Å²) < 4.78 is 18.7. The van der Waals surface area contributed by atoms with Gasteiger partial charge >= 0.3 is 6.03 Å². The lowest BCUT2D eigenvalue weighted by molar-refractivity contribution is 0.0365. The third kappa shape index (κ3) is 5.81. The topological polar surface area (TPSA) is 77.7 Å². The fourth-order valence-corrected chi connectivity index (χ4v) is 4.19. The second-order valence-electron chi connectivity index (χ2n) is 8.76. The molecular formula is C26H31FN4O3. The van der Waals surface area contributed by atoms with Gasteiger partial charge in [0.25, 0.3) is 5.56 Å². The quantitative estimate of drug-likeness (QED) is 0.551. The van der Waals surface area contributed by atoms with Crippen LogP contribution >= 0.6 is 0 Å². The highest BCUT2D eigenvalue weighted by Crippen LogP contribution is 2.20. The summed E-state index contributed by atoms with van der Waals surface area (Å²) in [7, 11) is 0. The number of fused-ring (bicyclic) bond motifs is 1. The molecule has 1 aliphatic heterocycles. The first-order valence-corrected chi connectivity index (χ1v) is 11.6. The van der Waals surface area contributed by atoms with Gasteiger partial charge in [0.15, 0.2) is 0 Å². The number of ether oxygens (including phenoxy) is 1. The molecule has 0 unspecified atom stereocenters. The number of anilines is 1. The van der Waals surface area contributed by atoms with Gasteiger partial charge in [-0.05, 0) is 67.1 Å². The third-order valence-electron chi connectivity index (χ3n) is 6.38. The maximum Gasteiger partial charge on any atom is 0.322 e. The fourth-order valence-electron chi connectivity index (χ4n) is 4.19. The Morgan fingerprint density at radius 2 is 1.88 bits per heavy atom. The lowest BCUT2D eigenvalue weighted by Crippen LogP contribution is -2.40. The third-order valence-corrected chi connectivity index (χ3v) is 6.38. The van der Waals surface area contributed by atoms with Gasteiger partial charge in [-0.1, -0.05) is 12.1 Å². The number of nitrogens with zero attached hydrogens (tertiary/aromatic N) is 2. The minimum Gasteiger partial charge on any atom is -0.379 e. The number of nitrogens with one attached hydrogen (secondary N) is 2. The number of rotatable bonds is 7. The minimum absolute atomic E-state index is 0.175. The number of pyridine rings is 1. The molecule has 1 aliphatic rings. The highest BCUT2D eigenvalue weighted by atomic mass is 19.1. The van der Waals surface area contributed by atoms with Crippen molar-refractivity contribution in [2.45, 2.75) is 26.8 Å². The largest absolute Gasteiger partial charge is 0.379 e. The van der Waals surface area contributed by atoms with Crippen molar-refractivity contribution in [2.24, 2.45) is 0 Å². The summed E-state index contributed by atoms with van der Waals surface area (Å²) in [5, 5.41) is 3.76. The van der Waals surface area contributed by atoms with Crippen LogP contribution in [-0.4, -0.2) is 60.2 Å². The SMILES string of the molecule is Cc1ccc2cc(CN(CCCN3CCOCC3)C(=O)Nc3ccc(F)cc3)c(=O)[nH]c2c1C. The molecule has 0 spiro atoms. The fraction of sp³-hybridized carbons (Fsp3) is 0.385. The molecule has 2 aromatic carbocycles. The van der Waals surface area contributed by atoms with Crippen LogP contribution in [0.4, 0.5) is 14.9 Å². The summed E-state index contributed by atoms with van der Waals surface area (Å²) in [5.74, 6) is -0.367. The molecule has 2 heterocycles. The van der Waals surface area contributed by atoms with Gasteiger partial charge in [-0.15, -0.1) is 0 Å². The van der Waals surface area contributed by atoms with Crippen LogP contribution in [0.3, 0.4) is 0 Å². The van der Waals surface area contributed by atoms with E-state index in [1.807, 2.05) is 32.0 Å². The van der Waals surface area contributed by atoms with E-state index in [0.717, 1.165) is 61.3 Å². The van der Waals surface area contributed by atoms with Gasteiger partial charge in [0.05, 0.1) is 25.3 Å². The first-order valence-electron chi connectivity index (χ1n) is 11.6. The highest BCUT2D eigenvalue weighted by molar-refractivity contribution is 5.89. The van der Waals surface area contributed by atoms with Gasteiger partial charge in [0.1, 0.15) is 5.82 Å². The van der Waals surface area contributed by atoms with Crippen LogP contribution in [0.2, 0.25) is 0 Å². The molecule has 0 bridgehead atoms. The summed E-state index contributed by atoms with van der Waals surface area (Å²) in [6, 6.07) is 11.2. The molecule has 8 heteroatoms. The smallest absolute Gasteiger partial charge is 0.322 e. The molecule has 0 atom stereocenters. The maximum absolute atomic E-state index is 13.3. The Hall–Kier alpha value is -3.23.